The molecule has 110 valence electrons. The molecule has 0 bridgehead atoms. The summed E-state index contributed by atoms with van der Waals surface area (Å²) in [5.74, 6) is 1.14. The number of para-hydroxylation sites is 2. The quantitative estimate of drug-likeness (QED) is 0.944. The number of nitrogens with zero attached hydrogens (tertiary/aromatic N) is 3. The van der Waals surface area contributed by atoms with Crippen molar-refractivity contribution in [2.45, 2.75) is 19.9 Å². The fraction of sp³-hybridized carbons (Fsp3) is 0.533. The van der Waals surface area contributed by atoms with Crippen LogP contribution in [0.3, 0.4) is 0 Å². The minimum Gasteiger partial charge on any atom is -0.330 e. The number of likely N-dealkylation sites (tertiary alicyclic amines) is 1. The van der Waals surface area contributed by atoms with Gasteiger partial charge in [0.05, 0.1) is 17.6 Å². The van der Waals surface area contributed by atoms with Crippen molar-refractivity contribution in [2.75, 3.05) is 19.6 Å². The zero-order valence-electron chi connectivity index (χ0n) is 12.2. The summed E-state index contributed by atoms with van der Waals surface area (Å²) in [6.45, 7) is 6.17. The number of hydrogen-bond donors (Lipinski definition) is 1. The second-order valence-electron chi connectivity index (χ2n) is 6.05. The van der Waals surface area contributed by atoms with E-state index in [0.29, 0.717) is 0 Å². The van der Waals surface area contributed by atoms with E-state index >= 15 is 0 Å². The summed E-state index contributed by atoms with van der Waals surface area (Å²) in [6.07, 6.45) is 1.19. The van der Waals surface area contributed by atoms with Crippen LogP contribution in [0.2, 0.25) is 0 Å². The molecule has 0 radical (unpaired) electrons. The van der Waals surface area contributed by atoms with Crippen molar-refractivity contribution in [3.63, 3.8) is 0 Å². The van der Waals surface area contributed by atoms with Gasteiger partial charge in [0.25, 0.3) is 0 Å². The average Bonchev–Trinajstić information content (AvgIpc) is 2.94. The van der Waals surface area contributed by atoms with Crippen molar-refractivity contribution in [1.82, 2.24) is 14.5 Å². The van der Waals surface area contributed by atoms with Crippen molar-refractivity contribution < 1.29 is 0 Å². The van der Waals surface area contributed by atoms with Crippen molar-refractivity contribution in [3.8, 4) is 0 Å². The Bertz CT molecular complexity index is 595. The van der Waals surface area contributed by atoms with Gasteiger partial charge in [-0.15, -0.1) is 12.4 Å². The van der Waals surface area contributed by atoms with Gasteiger partial charge in [0.15, 0.2) is 0 Å². The molecule has 20 heavy (non-hydrogen) atoms. The Balaban J connectivity index is 0.00000147. The number of aromatic nitrogens is 2. The second-order valence-corrected chi connectivity index (χ2v) is 6.05. The molecule has 1 aliphatic rings. The van der Waals surface area contributed by atoms with E-state index in [1.165, 1.54) is 11.9 Å². The van der Waals surface area contributed by atoms with Crippen LogP contribution in [0.1, 0.15) is 19.2 Å². The molecule has 1 aromatic heterocycles. The van der Waals surface area contributed by atoms with Crippen LogP contribution in [0.4, 0.5) is 0 Å². The van der Waals surface area contributed by atoms with E-state index < -0.39 is 0 Å². The van der Waals surface area contributed by atoms with Crippen molar-refractivity contribution in [1.29, 1.82) is 0 Å². The number of hydrogen-bond acceptors (Lipinski definition) is 3. The molecule has 5 heteroatoms. The standard InChI is InChI=1S/C15H22N4.ClH/c1-15(10-16)7-8-19(11-15)9-14-17-12-5-3-4-6-13(12)18(14)2;/h3-6H,7-11,16H2,1-2H3;1H. The Kier molecular flexibility index (Phi) is 4.37. The Morgan fingerprint density at radius 3 is 2.75 bits per heavy atom. The van der Waals surface area contributed by atoms with Crippen LogP contribution in [0, 0.1) is 5.41 Å². The van der Waals surface area contributed by atoms with Crippen LogP contribution in [0.25, 0.3) is 11.0 Å². The summed E-state index contributed by atoms with van der Waals surface area (Å²) in [4.78, 5) is 7.21. The lowest BCUT2D eigenvalue weighted by Crippen LogP contribution is -2.31. The van der Waals surface area contributed by atoms with Gasteiger partial charge < -0.3 is 10.3 Å². The first-order valence-electron chi connectivity index (χ1n) is 6.94. The topological polar surface area (TPSA) is 47.1 Å². The first-order chi connectivity index (χ1) is 9.11. The Morgan fingerprint density at radius 1 is 1.35 bits per heavy atom. The highest BCUT2D eigenvalue weighted by molar-refractivity contribution is 5.85. The molecule has 3 rings (SSSR count). The largest absolute Gasteiger partial charge is 0.330 e. The maximum absolute atomic E-state index is 5.87. The SMILES string of the molecule is Cl.Cn1c(CN2CCC(C)(CN)C2)nc2ccccc21. The summed E-state index contributed by atoms with van der Waals surface area (Å²) in [6, 6.07) is 8.31. The minimum absolute atomic E-state index is 0. The van der Waals surface area contributed by atoms with Crippen LogP contribution in [0.15, 0.2) is 24.3 Å². The lowest BCUT2D eigenvalue weighted by molar-refractivity contribution is 0.267. The molecule has 4 nitrogen and oxygen atoms in total. The lowest BCUT2D eigenvalue weighted by atomic mass is 9.90. The minimum atomic E-state index is 0. The average molecular weight is 295 g/mol. The molecule has 1 atom stereocenters. The highest BCUT2D eigenvalue weighted by atomic mass is 35.5. The number of aryl methyl sites for hydroxylation is 1. The second kappa shape index (κ2) is 5.72. The summed E-state index contributed by atoms with van der Waals surface area (Å²) in [5.41, 5.74) is 8.44. The van der Waals surface area contributed by atoms with Gasteiger partial charge in [-0.25, -0.2) is 4.98 Å². The summed E-state index contributed by atoms with van der Waals surface area (Å²) < 4.78 is 2.20. The molecule has 2 aromatic rings. The Morgan fingerprint density at radius 2 is 2.10 bits per heavy atom. The highest BCUT2D eigenvalue weighted by Crippen LogP contribution is 2.29. The van der Waals surface area contributed by atoms with Crippen LogP contribution in [-0.2, 0) is 13.6 Å². The van der Waals surface area contributed by atoms with Gasteiger partial charge in [-0.2, -0.15) is 0 Å². The third-order valence-corrected chi connectivity index (χ3v) is 4.37. The Labute approximate surface area is 126 Å². The predicted molar refractivity (Wildman–Crippen MR) is 85.0 cm³/mol. The number of rotatable bonds is 3. The number of benzene rings is 1. The number of fused-ring (bicyclic) bond motifs is 1. The van der Waals surface area contributed by atoms with Gasteiger partial charge in [0.1, 0.15) is 5.82 Å². The highest BCUT2D eigenvalue weighted by Gasteiger charge is 2.32. The van der Waals surface area contributed by atoms with Crippen LogP contribution in [0.5, 0.6) is 0 Å². The van der Waals surface area contributed by atoms with Gasteiger partial charge >= 0.3 is 0 Å². The zero-order valence-corrected chi connectivity index (χ0v) is 13.0. The number of imidazole rings is 1. The van der Waals surface area contributed by atoms with Gasteiger partial charge in [-0.3, -0.25) is 4.90 Å². The van der Waals surface area contributed by atoms with E-state index in [9.17, 15) is 0 Å². The zero-order chi connectivity index (χ0) is 13.5. The molecule has 2 heterocycles. The van der Waals surface area contributed by atoms with E-state index in [-0.39, 0.29) is 17.8 Å². The van der Waals surface area contributed by atoms with Gasteiger partial charge in [-0.1, -0.05) is 19.1 Å². The van der Waals surface area contributed by atoms with E-state index in [1.807, 2.05) is 6.07 Å². The summed E-state index contributed by atoms with van der Waals surface area (Å²) in [5, 5.41) is 0. The fourth-order valence-electron chi connectivity index (χ4n) is 2.96. The Hall–Kier alpha value is -1.10. The maximum Gasteiger partial charge on any atom is 0.123 e. The number of nitrogens with two attached hydrogens (primary N) is 1. The summed E-state index contributed by atoms with van der Waals surface area (Å²) >= 11 is 0. The van der Waals surface area contributed by atoms with Crippen LogP contribution >= 0.6 is 12.4 Å². The smallest absolute Gasteiger partial charge is 0.123 e. The maximum atomic E-state index is 5.87. The van der Waals surface area contributed by atoms with Crippen LogP contribution < -0.4 is 5.73 Å². The van der Waals surface area contributed by atoms with Crippen LogP contribution in [-0.4, -0.2) is 34.1 Å². The third kappa shape index (κ3) is 2.68. The van der Waals surface area contributed by atoms with E-state index in [4.69, 9.17) is 10.7 Å². The molecule has 1 unspecified atom stereocenters. The van der Waals surface area contributed by atoms with E-state index in [0.717, 1.165) is 37.5 Å². The molecule has 1 aliphatic heterocycles. The molecule has 1 aromatic carbocycles. The summed E-state index contributed by atoms with van der Waals surface area (Å²) in [7, 11) is 2.10. The molecule has 0 aliphatic carbocycles. The monoisotopic (exact) mass is 294 g/mol. The van der Waals surface area contributed by atoms with Gasteiger partial charge in [-0.05, 0) is 37.1 Å². The fourth-order valence-corrected chi connectivity index (χ4v) is 2.96. The predicted octanol–water partition coefficient (Wildman–Crippen LogP) is 2.17. The third-order valence-electron chi connectivity index (χ3n) is 4.37. The van der Waals surface area contributed by atoms with Crippen molar-refractivity contribution in [3.05, 3.63) is 30.1 Å². The molecular weight excluding hydrogens is 272 g/mol. The van der Waals surface area contributed by atoms with Crippen molar-refractivity contribution in [2.24, 2.45) is 18.2 Å². The molecular formula is C15H23ClN4. The molecule has 0 spiro atoms. The van der Waals surface area contributed by atoms with Gasteiger partial charge in [0.2, 0.25) is 0 Å². The molecule has 0 saturated carbocycles. The molecule has 1 saturated heterocycles. The normalized spacial score (nSPS) is 23.1. The molecule has 1 fully saturated rings. The van der Waals surface area contributed by atoms with E-state index in [1.54, 1.807) is 0 Å². The first-order valence-corrected chi connectivity index (χ1v) is 6.94. The molecule has 0 amide bonds. The van der Waals surface area contributed by atoms with Gasteiger partial charge in [0, 0.05) is 13.6 Å². The molecule has 2 N–H and O–H groups in total. The number of halogens is 1. The van der Waals surface area contributed by atoms with E-state index in [2.05, 4.69) is 41.6 Å². The van der Waals surface area contributed by atoms with Crippen molar-refractivity contribution >= 4 is 23.4 Å². The first kappa shape index (κ1) is 15.3. The lowest BCUT2D eigenvalue weighted by Gasteiger charge is -2.22.